The van der Waals surface area contributed by atoms with Gasteiger partial charge >= 0.3 is 0 Å². The minimum Gasteiger partial charge on any atom is -0.493 e. The van der Waals surface area contributed by atoms with Gasteiger partial charge in [0.1, 0.15) is 24.1 Å². The molecule has 1 aliphatic heterocycles. The van der Waals surface area contributed by atoms with Gasteiger partial charge in [0.05, 0.1) is 40.9 Å². The highest BCUT2D eigenvalue weighted by Gasteiger charge is 2.23. The van der Waals surface area contributed by atoms with Gasteiger partial charge in [-0.3, -0.25) is 9.59 Å². The van der Waals surface area contributed by atoms with E-state index in [1.807, 2.05) is 0 Å². The Hall–Kier alpha value is -3.47. The van der Waals surface area contributed by atoms with Crippen molar-refractivity contribution in [3.05, 3.63) is 53.0 Å². The molecule has 1 aliphatic rings. The number of aldehydes is 1. The van der Waals surface area contributed by atoms with Gasteiger partial charge in [0.15, 0.2) is 17.3 Å². The fraction of sp³-hybridized carbons (Fsp3) is 0.333. The maximum Gasteiger partial charge on any atom is 0.211 e. The van der Waals surface area contributed by atoms with Gasteiger partial charge in [-0.2, -0.15) is 0 Å². The second kappa shape index (κ2) is 15.8. The molecule has 12 heteroatoms. The number of carbonyl (C=O) groups is 2. The molecule has 2 aromatic carbocycles. The largest absolute Gasteiger partial charge is 0.493 e. The number of benzene rings is 2. The van der Waals surface area contributed by atoms with E-state index >= 15 is 0 Å². The van der Waals surface area contributed by atoms with Crippen molar-refractivity contribution in [1.82, 2.24) is 14.9 Å². The number of allylic oxidation sites excluding steroid dienone is 1. The Morgan fingerprint density at radius 3 is 2.31 bits per heavy atom. The van der Waals surface area contributed by atoms with Gasteiger partial charge < -0.3 is 24.6 Å². The van der Waals surface area contributed by atoms with Crippen molar-refractivity contribution in [2.75, 3.05) is 51.6 Å². The zero-order valence-electron chi connectivity index (χ0n) is 22.3. The minimum absolute atomic E-state index is 0.0959. The molecule has 9 nitrogen and oxygen atoms in total. The van der Waals surface area contributed by atoms with E-state index in [1.54, 1.807) is 13.1 Å². The van der Waals surface area contributed by atoms with Crippen molar-refractivity contribution < 1.29 is 23.5 Å². The smallest absolute Gasteiger partial charge is 0.211 e. The standard InChI is InChI=1S/C18H15Cl2FN4O3.C6H13N.C3H4O/c1-25(11-5-4-9(19)14(20)15(11)21)18-13-10(22-7-23-18)6-12(27-2)17(28-3)16(13)24-8-26;1-7-5-3-2-4-6-7;1-2-3-4/h4-8H,1-3H3,(H,24,26);2-6H2,1H3;2-3H,1H2. The van der Waals surface area contributed by atoms with Gasteiger partial charge in [0.25, 0.3) is 0 Å². The first-order valence-electron chi connectivity index (χ1n) is 12.0. The van der Waals surface area contributed by atoms with Gasteiger partial charge in [-0.25, -0.2) is 14.4 Å². The van der Waals surface area contributed by atoms with E-state index in [0.717, 1.165) is 0 Å². The van der Waals surface area contributed by atoms with Crippen molar-refractivity contribution in [1.29, 1.82) is 0 Å². The predicted molar refractivity (Wildman–Crippen MR) is 154 cm³/mol. The molecule has 0 aliphatic carbocycles. The lowest BCUT2D eigenvalue weighted by Gasteiger charge is -2.23. The highest BCUT2D eigenvalue weighted by atomic mass is 35.5. The van der Waals surface area contributed by atoms with Crippen LogP contribution in [0, 0.1) is 5.82 Å². The highest BCUT2D eigenvalue weighted by molar-refractivity contribution is 6.42. The molecular formula is C27H32Cl2FN5O4. The van der Waals surface area contributed by atoms with Crippen LogP contribution in [0.2, 0.25) is 10.0 Å². The van der Waals surface area contributed by atoms with E-state index < -0.39 is 5.82 Å². The number of ether oxygens (including phenoxy) is 2. The average Bonchev–Trinajstić information content (AvgIpc) is 2.96. The van der Waals surface area contributed by atoms with Crippen molar-refractivity contribution in [2.24, 2.45) is 0 Å². The zero-order chi connectivity index (χ0) is 28.9. The number of aromatic nitrogens is 2. The number of fused-ring (bicyclic) bond motifs is 1. The number of likely N-dealkylation sites (tertiary alicyclic amines) is 1. The molecule has 0 spiro atoms. The van der Waals surface area contributed by atoms with E-state index in [1.165, 1.54) is 76.0 Å². The van der Waals surface area contributed by atoms with Crippen LogP contribution in [-0.4, -0.2) is 69.0 Å². The lowest BCUT2D eigenvalue weighted by Crippen LogP contribution is -2.24. The minimum atomic E-state index is -0.700. The summed E-state index contributed by atoms with van der Waals surface area (Å²) >= 11 is 11.8. The maximum absolute atomic E-state index is 14.7. The number of methoxy groups -OCH3 is 2. The Balaban J connectivity index is 0.000000404. The molecule has 3 aromatic rings. The molecule has 0 atom stereocenters. The molecule has 1 N–H and O–H groups in total. The van der Waals surface area contributed by atoms with Gasteiger partial charge in [0.2, 0.25) is 6.41 Å². The lowest BCUT2D eigenvalue weighted by molar-refractivity contribution is -0.105. The monoisotopic (exact) mass is 579 g/mol. The molecule has 2 heterocycles. The number of hydrogen-bond donors (Lipinski definition) is 1. The van der Waals surface area contributed by atoms with Crippen LogP contribution in [0.4, 0.5) is 21.6 Å². The molecule has 0 saturated carbocycles. The SMILES string of the molecule is C=CC=O.CN1CCCCC1.COc1cc2ncnc(N(C)c3ccc(Cl)c(Cl)c3F)c2c(NC=O)c1OC. The second-order valence-electron chi connectivity index (χ2n) is 8.33. The highest BCUT2D eigenvalue weighted by Crippen LogP contribution is 2.45. The van der Waals surface area contributed by atoms with Crippen molar-refractivity contribution in [3.63, 3.8) is 0 Å². The summed E-state index contributed by atoms with van der Waals surface area (Å²) in [7, 11) is 6.70. The van der Waals surface area contributed by atoms with Crippen molar-refractivity contribution >= 4 is 64.0 Å². The van der Waals surface area contributed by atoms with Gasteiger partial charge in [-0.05, 0) is 51.2 Å². The molecule has 0 unspecified atom stereocenters. The second-order valence-corrected chi connectivity index (χ2v) is 9.12. The number of carbonyl (C=O) groups excluding carboxylic acids is 2. The molecule has 39 heavy (non-hydrogen) atoms. The number of amides is 1. The van der Waals surface area contributed by atoms with Crippen LogP contribution >= 0.6 is 23.2 Å². The summed E-state index contributed by atoms with van der Waals surface area (Å²) in [4.78, 5) is 32.6. The first kappa shape index (κ1) is 31.7. The Bertz CT molecular complexity index is 1280. The van der Waals surface area contributed by atoms with E-state index in [-0.39, 0.29) is 27.2 Å². The number of nitrogens with one attached hydrogen (secondary N) is 1. The molecule has 1 amide bonds. The van der Waals surface area contributed by atoms with Crippen LogP contribution in [0.3, 0.4) is 0 Å². The lowest BCUT2D eigenvalue weighted by atomic mass is 10.1. The summed E-state index contributed by atoms with van der Waals surface area (Å²) in [6, 6.07) is 4.59. The Morgan fingerprint density at radius 2 is 1.79 bits per heavy atom. The number of piperidine rings is 1. The molecule has 0 bridgehead atoms. The van der Waals surface area contributed by atoms with E-state index in [9.17, 15) is 9.18 Å². The van der Waals surface area contributed by atoms with E-state index in [4.69, 9.17) is 37.5 Å². The normalized spacial score (nSPS) is 12.7. The molecule has 210 valence electrons. The van der Waals surface area contributed by atoms with Crippen LogP contribution < -0.4 is 19.7 Å². The summed E-state index contributed by atoms with van der Waals surface area (Å²) < 4.78 is 25.4. The molecule has 0 radical (unpaired) electrons. The summed E-state index contributed by atoms with van der Waals surface area (Å²) in [6.07, 6.45) is 7.92. The Labute approximate surface area is 237 Å². The third-order valence-corrected chi connectivity index (χ3v) is 6.60. The first-order chi connectivity index (χ1) is 18.7. The maximum atomic E-state index is 14.7. The zero-order valence-corrected chi connectivity index (χ0v) is 23.9. The number of halogens is 3. The molecule has 4 rings (SSSR count). The first-order valence-corrected chi connectivity index (χ1v) is 12.7. The fourth-order valence-electron chi connectivity index (χ4n) is 3.91. The topological polar surface area (TPSA) is 96.9 Å². The summed E-state index contributed by atoms with van der Waals surface area (Å²) in [5, 5.41) is 2.92. The number of hydrogen-bond acceptors (Lipinski definition) is 8. The molecule has 1 saturated heterocycles. The van der Waals surface area contributed by atoms with Crippen LogP contribution in [-0.2, 0) is 9.59 Å². The molecular weight excluding hydrogens is 548 g/mol. The third-order valence-electron chi connectivity index (χ3n) is 5.82. The van der Waals surface area contributed by atoms with E-state index in [0.29, 0.717) is 35.2 Å². The third kappa shape index (κ3) is 8.01. The van der Waals surface area contributed by atoms with Crippen LogP contribution in [0.25, 0.3) is 10.9 Å². The molecule has 1 aromatic heterocycles. The Morgan fingerprint density at radius 1 is 1.13 bits per heavy atom. The summed E-state index contributed by atoms with van der Waals surface area (Å²) in [6.45, 7) is 5.75. The van der Waals surface area contributed by atoms with Gasteiger partial charge in [0, 0.05) is 13.1 Å². The summed E-state index contributed by atoms with van der Waals surface area (Å²) in [5.41, 5.74) is 0.885. The Kier molecular flexibility index (Phi) is 12.9. The van der Waals surface area contributed by atoms with Crippen LogP contribution in [0.1, 0.15) is 19.3 Å². The van der Waals surface area contributed by atoms with Gasteiger partial charge in [-0.15, -0.1) is 0 Å². The number of anilines is 3. The van der Waals surface area contributed by atoms with Crippen LogP contribution in [0.5, 0.6) is 11.5 Å². The van der Waals surface area contributed by atoms with E-state index in [2.05, 4.69) is 33.8 Å². The number of rotatable bonds is 7. The van der Waals surface area contributed by atoms with Crippen molar-refractivity contribution in [2.45, 2.75) is 19.3 Å². The number of nitrogens with zero attached hydrogens (tertiary/aromatic N) is 4. The van der Waals surface area contributed by atoms with Crippen molar-refractivity contribution in [3.8, 4) is 11.5 Å². The predicted octanol–water partition coefficient (Wildman–Crippen LogP) is 5.90. The van der Waals surface area contributed by atoms with Gasteiger partial charge in [-0.1, -0.05) is 36.2 Å². The quantitative estimate of drug-likeness (QED) is 0.210. The molecule has 1 fully saturated rings. The average molecular weight is 580 g/mol. The fourth-order valence-corrected chi connectivity index (χ4v) is 4.22. The van der Waals surface area contributed by atoms with Crippen LogP contribution in [0.15, 0.2) is 37.2 Å². The summed E-state index contributed by atoms with van der Waals surface area (Å²) in [5.74, 6) is 0.259.